The molecule has 2 heterocycles. The molecule has 0 N–H and O–H groups in total. The monoisotopic (exact) mass is 466 g/mol. The minimum atomic E-state index is -3.58. The molecule has 8 nitrogen and oxygen atoms in total. The van der Waals surface area contributed by atoms with Crippen LogP contribution in [0.1, 0.15) is 39.0 Å². The lowest BCUT2D eigenvalue weighted by Gasteiger charge is -2.38. The zero-order valence-corrected chi connectivity index (χ0v) is 20.0. The molecule has 2 fully saturated rings. The molecule has 9 heteroatoms. The Hall–Kier alpha value is -2.13. The number of piperidine rings is 2. The lowest BCUT2D eigenvalue weighted by molar-refractivity contribution is -0.149. The Morgan fingerprint density at radius 2 is 1.66 bits per heavy atom. The van der Waals surface area contributed by atoms with Crippen LogP contribution in [0.25, 0.3) is 0 Å². The highest BCUT2D eigenvalue weighted by molar-refractivity contribution is 7.89. The van der Waals surface area contributed by atoms with Gasteiger partial charge in [0.05, 0.1) is 25.0 Å². The number of sulfonamides is 1. The topological polar surface area (TPSA) is 93.2 Å². The standard InChI is InChI=1S/C23H34N2O6S/c1-4-17-16-25(32(28,29)21-7-5-20(30-2)6-8-21)14-11-19(17)15-22(26)24-12-9-18(10-13-24)23(27)31-3/h5-8,17-19H,4,9-16H2,1-3H3. The van der Waals surface area contributed by atoms with Crippen LogP contribution in [0.4, 0.5) is 0 Å². The van der Waals surface area contributed by atoms with Crippen molar-refractivity contribution in [2.45, 2.75) is 43.9 Å². The first kappa shape index (κ1) is 24.5. The highest BCUT2D eigenvalue weighted by atomic mass is 32.2. The fourth-order valence-electron chi connectivity index (χ4n) is 4.78. The quantitative estimate of drug-likeness (QED) is 0.574. The van der Waals surface area contributed by atoms with Crippen LogP contribution < -0.4 is 4.74 Å². The molecule has 178 valence electrons. The van der Waals surface area contributed by atoms with E-state index in [1.165, 1.54) is 7.11 Å². The number of benzene rings is 1. The molecular weight excluding hydrogens is 432 g/mol. The third-order valence-electron chi connectivity index (χ3n) is 6.89. The molecule has 0 aromatic heterocycles. The van der Waals surface area contributed by atoms with Crippen molar-refractivity contribution in [3.63, 3.8) is 0 Å². The summed E-state index contributed by atoms with van der Waals surface area (Å²) >= 11 is 0. The molecule has 0 radical (unpaired) electrons. The summed E-state index contributed by atoms with van der Waals surface area (Å²) in [5.41, 5.74) is 0. The number of amides is 1. The molecule has 2 saturated heterocycles. The Morgan fingerprint density at radius 3 is 2.22 bits per heavy atom. The summed E-state index contributed by atoms with van der Waals surface area (Å²) in [6.07, 6.45) is 3.18. The number of hydrogen-bond acceptors (Lipinski definition) is 6. The van der Waals surface area contributed by atoms with E-state index < -0.39 is 10.0 Å². The Labute approximate surface area is 190 Å². The second-order valence-electron chi connectivity index (χ2n) is 8.64. The third-order valence-corrected chi connectivity index (χ3v) is 8.77. The van der Waals surface area contributed by atoms with E-state index in [-0.39, 0.29) is 34.5 Å². The van der Waals surface area contributed by atoms with Crippen molar-refractivity contribution < 1.29 is 27.5 Å². The van der Waals surface area contributed by atoms with Gasteiger partial charge in [-0.2, -0.15) is 4.31 Å². The molecule has 2 atom stereocenters. The number of esters is 1. The minimum Gasteiger partial charge on any atom is -0.497 e. The highest BCUT2D eigenvalue weighted by Crippen LogP contribution is 2.33. The van der Waals surface area contributed by atoms with Gasteiger partial charge in [0, 0.05) is 32.6 Å². The molecule has 2 aliphatic heterocycles. The lowest BCUT2D eigenvalue weighted by atomic mass is 9.82. The number of nitrogens with zero attached hydrogens (tertiary/aromatic N) is 2. The second-order valence-corrected chi connectivity index (χ2v) is 10.6. The Balaban J connectivity index is 1.58. The molecule has 32 heavy (non-hydrogen) atoms. The first-order valence-electron chi connectivity index (χ1n) is 11.3. The summed E-state index contributed by atoms with van der Waals surface area (Å²) in [6, 6.07) is 6.45. The maximum absolute atomic E-state index is 13.1. The van der Waals surface area contributed by atoms with Gasteiger partial charge in [0.1, 0.15) is 5.75 Å². The predicted octanol–water partition coefficient (Wildman–Crippen LogP) is 2.53. The summed E-state index contributed by atoms with van der Waals surface area (Å²) < 4.78 is 37.7. The Morgan fingerprint density at radius 1 is 1.00 bits per heavy atom. The summed E-state index contributed by atoms with van der Waals surface area (Å²) in [6.45, 7) is 4.02. The second kappa shape index (κ2) is 10.7. The van der Waals surface area contributed by atoms with Crippen LogP contribution in [0.5, 0.6) is 5.75 Å². The van der Waals surface area contributed by atoms with E-state index in [9.17, 15) is 18.0 Å². The molecule has 1 amide bonds. The number of carbonyl (C=O) groups is 2. The van der Waals surface area contributed by atoms with Crippen LogP contribution in [-0.4, -0.2) is 69.9 Å². The fourth-order valence-corrected chi connectivity index (χ4v) is 6.29. The average molecular weight is 467 g/mol. The van der Waals surface area contributed by atoms with Crippen molar-refractivity contribution in [1.82, 2.24) is 9.21 Å². The molecule has 2 aliphatic rings. The first-order chi connectivity index (χ1) is 15.3. The van der Waals surface area contributed by atoms with Crippen molar-refractivity contribution in [2.24, 2.45) is 17.8 Å². The molecular formula is C23H34N2O6S. The molecule has 0 aliphatic carbocycles. The Kier molecular flexibility index (Phi) is 8.16. The smallest absolute Gasteiger partial charge is 0.308 e. The molecule has 0 spiro atoms. The maximum atomic E-state index is 13.1. The zero-order valence-electron chi connectivity index (χ0n) is 19.2. The largest absolute Gasteiger partial charge is 0.497 e. The van der Waals surface area contributed by atoms with E-state index in [1.807, 2.05) is 11.8 Å². The summed E-state index contributed by atoms with van der Waals surface area (Å²) in [5.74, 6) is 0.681. The third kappa shape index (κ3) is 5.43. The van der Waals surface area contributed by atoms with Crippen LogP contribution in [0.15, 0.2) is 29.2 Å². The molecule has 1 aromatic rings. The van der Waals surface area contributed by atoms with E-state index in [4.69, 9.17) is 9.47 Å². The van der Waals surface area contributed by atoms with Crippen LogP contribution >= 0.6 is 0 Å². The van der Waals surface area contributed by atoms with E-state index in [0.717, 1.165) is 6.42 Å². The van der Waals surface area contributed by atoms with Gasteiger partial charge in [0.25, 0.3) is 0 Å². The number of hydrogen-bond donors (Lipinski definition) is 0. The number of ether oxygens (including phenoxy) is 2. The van der Waals surface area contributed by atoms with E-state index in [2.05, 4.69) is 0 Å². The lowest BCUT2D eigenvalue weighted by Crippen LogP contribution is -2.46. The average Bonchev–Trinajstić information content (AvgIpc) is 2.83. The number of carbonyl (C=O) groups excluding carboxylic acids is 2. The van der Waals surface area contributed by atoms with Crippen LogP contribution in [0.3, 0.4) is 0 Å². The van der Waals surface area contributed by atoms with Gasteiger partial charge in [-0.25, -0.2) is 8.42 Å². The van der Waals surface area contributed by atoms with Gasteiger partial charge in [-0.1, -0.05) is 13.3 Å². The van der Waals surface area contributed by atoms with Crippen molar-refractivity contribution in [3.05, 3.63) is 24.3 Å². The number of methoxy groups -OCH3 is 2. The van der Waals surface area contributed by atoms with E-state index >= 15 is 0 Å². The van der Waals surface area contributed by atoms with Crippen LogP contribution in [0.2, 0.25) is 0 Å². The summed E-state index contributed by atoms with van der Waals surface area (Å²) in [7, 11) is -0.641. The van der Waals surface area contributed by atoms with Gasteiger partial charge in [0.15, 0.2) is 0 Å². The van der Waals surface area contributed by atoms with Crippen LogP contribution in [-0.2, 0) is 24.3 Å². The number of rotatable bonds is 7. The van der Waals surface area contributed by atoms with Gasteiger partial charge in [-0.05, 0) is 55.4 Å². The maximum Gasteiger partial charge on any atom is 0.308 e. The molecule has 2 unspecified atom stereocenters. The SMILES string of the molecule is CCC1CN(S(=O)(=O)c2ccc(OC)cc2)CCC1CC(=O)N1CCC(C(=O)OC)CC1. The predicted molar refractivity (Wildman–Crippen MR) is 120 cm³/mol. The minimum absolute atomic E-state index is 0.100. The fraction of sp³-hybridized carbons (Fsp3) is 0.652. The first-order valence-corrected chi connectivity index (χ1v) is 12.7. The summed E-state index contributed by atoms with van der Waals surface area (Å²) in [5, 5.41) is 0. The molecule has 0 bridgehead atoms. The van der Waals surface area contributed by atoms with Gasteiger partial charge >= 0.3 is 5.97 Å². The van der Waals surface area contributed by atoms with Crippen molar-refractivity contribution in [3.8, 4) is 5.75 Å². The van der Waals surface area contributed by atoms with Crippen molar-refractivity contribution in [1.29, 1.82) is 0 Å². The molecule has 3 rings (SSSR count). The van der Waals surface area contributed by atoms with Gasteiger partial charge in [-0.15, -0.1) is 0 Å². The van der Waals surface area contributed by atoms with Gasteiger partial charge in [-0.3, -0.25) is 9.59 Å². The normalized spacial score (nSPS) is 23.0. The molecule has 1 aromatic carbocycles. The van der Waals surface area contributed by atoms with Gasteiger partial charge in [0.2, 0.25) is 15.9 Å². The van der Waals surface area contributed by atoms with Gasteiger partial charge < -0.3 is 14.4 Å². The Bertz CT molecular complexity index is 894. The van der Waals surface area contributed by atoms with E-state index in [1.54, 1.807) is 35.7 Å². The van der Waals surface area contributed by atoms with Crippen molar-refractivity contribution >= 4 is 21.9 Å². The molecule has 0 saturated carbocycles. The zero-order chi connectivity index (χ0) is 23.3. The number of likely N-dealkylation sites (tertiary alicyclic amines) is 1. The van der Waals surface area contributed by atoms with Crippen LogP contribution in [0, 0.1) is 17.8 Å². The van der Waals surface area contributed by atoms with Crippen molar-refractivity contribution in [2.75, 3.05) is 40.4 Å². The highest BCUT2D eigenvalue weighted by Gasteiger charge is 2.37. The van der Waals surface area contributed by atoms with E-state index in [0.29, 0.717) is 57.6 Å². The summed E-state index contributed by atoms with van der Waals surface area (Å²) in [4.78, 5) is 26.7.